The first-order chi connectivity index (χ1) is 29.2. The van der Waals surface area contributed by atoms with Crippen molar-refractivity contribution in [3.05, 3.63) is 203 Å². The number of fused-ring (bicyclic) bond motifs is 6. The van der Waals surface area contributed by atoms with Gasteiger partial charge in [0.05, 0.1) is 11.1 Å². The van der Waals surface area contributed by atoms with Gasteiger partial charge in [0.2, 0.25) is 0 Å². The highest BCUT2D eigenvalue weighted by molar-refractivity contribution is 5.88. The molecule has 8 aromatic rings. The number of benzene rings is 6. The van der Waals surface area contributed by atoms with Crippen molar-refractivity contribution in [1.82, 2.24) is 19.9 Å². The Hall–Kier alpha value is -6.52. The predicted molar refractivity (Wildman–Crippen MR) is 234 cm³/mol. The van der Waals surface area contributed by atoms with Crippen LogP contribution >= 0.6 is 0 Å². The molecule has 0 saturated heterocycles. The second kappa shape index (κ2) is 12.5. The minimum absolute atomic E-state index is 0.0172. The molecular formula is C55H42N4. The zero-order valence-electron chi connectivity index (χ0n) is 32.8. The summed E-state index contributed by atoms with van der Waals surface area (Å²) in [5.74, 6) is 5.06. The number of pyridine rings is 1. The highest BCUT2D eigenvalue weighted by atomic mass is 15.0. The van der Waals surface area contributed by atoms with E-state index in [-0.39, 0.29) is 5.41 Å². The van der Waals surface area contributed by atoms with Crippen LogP contribution in [0.3, 0.4) is 0 Å². The molecule has 6 aliphatic carbocycles. The van der Waals surface area contributed by atoms with E-state index in [1.54, 1.807) is 0 Å². The number of aromatic nitrogens is 4. The van der Waals surface area contributed by atoms with Gasteiger partial charge in [-0.15, -0.1) is 0 Å². The zero-order valence-corrected chi connectivity index (χ0v) is 32.8. The fraction of sp³-hybridized carbons (Fsp3) is 0.200. The van der Waals surface area contributed by atoms with E-state index in [1.807, 2.05) is 6.07 Å². The van der Waals surface area contributed by atoms with Crippen molar-refractivity contribution in [3.63, 3.8) is 0 Å². The van der Waals surface area contributed by atoms with Gasteiger partial charge in [-0.2, -0.15) is 0 Å². The molecule has 6 aliphatic rings. The quantitative estimate of drug-likeness (QED) is 0.175. The van der Waals surface area contributed by atoms with Crippen molar-refractivity contribution < 1.29 is 0 Å². The van der Waals surface area contributed by atoms with Gasteiger partial charge in [-0.3, -0.25) is 4.98 Å². The van der Waals surface area contributed by atoms with Gasteiger partial charge in [0.15, 0.2) is 17.5 Å². The molecule has 0 radical (unpaired) electrons. The number of rotatable bonds is 5. The minimum atomic E-state index is -0.520. The van der Waals surface area contributed by atoms with E-state index >= 15 is 0 Å². The van der Waals surface area contributed by atoms with E-state index in [4.69, 9.17) is 19.9 Å². The first-order valence-electron chi connectivity index (χ1n) is 21.5. The molecule has 4 bridgehead atoms. The standard InChI is InChI=1S/C55H42N4/c1-4-14-36(15-5-1)51-57-52(37-24-25-45-43-20-10-12-22-47(43)54(49(45)32-37,39-16-6-2-7-17-39)40-18-8-3-9-19-40)59-53(58-51)38-31-46-44-21-11-13-23-48(44)55(50(46)56-33-38)41-27-34-26-35(29-41)30-42(55)28-34/h1-25,31-35,41-42H,26-30H2. The lowest BCUT2D eigenvalue weighted by atomic mass is 9.43. The Morgan fingerprint density at radius 2 is 0.898 bits per heavy atom. The van der Waals surface area contributed by atoms with Gasteiger partial charge >= 0.3 is 0 Å². The lowest BCUT2D eigenvalue weighted by molar-refractivity contribution is -0.0415. The first-order valence-corrected chi connectivity index (χ1v) is 21.5. The predicted octanol–water partition coefficient (Wildman–Crippen LogP) is 12.4. The highest BCUT2D eigenvalue weighted by Crippen LogP contribution is 2.69. The molecular weight excluding hydrogens is 717 g/mol. The molecule has 0 unspecified atom stereocenters. The van der Waals surface area contributed by atoms with E-state index in [0.29, 0.717) is 29.3 Å². The smallest absolute Gasteiger partial charge is 0.165 e. The second-order valence-electron chi connectivity index (χ2n) is 17.8. The van der Waals surface area contributed by atoms with Crippen LogP contribution in [0.5, 0.6) is 0 Å². The monoisotopic (exact) mass is 758 g/mol. The fourth-order valence-electron chi connectivity index (χ4n) is 13.0. The lowest BCUT2D eigenvalue weighted by Crippen LogP contribution is -2.55. The maximum absolute atomic E-state index is 5.51. The van der Waals surface area contributed by atoms with Crippen molar-refractivity contribution in [3.8, 4) is 56.4 Å². The lowest BCUT2D eigenvalue weighted by Gasteiger charge is -2.60. The zero-order chi connectivity index (χ0) is 38.7. The summed E-state index contributed by atoms with van der Waals surface area (Å²) in [7, 11) is 0. The Labute approximate surface area is 345 Å². The maximum atomic E-state index is 5.51. The third-order valence-corrected chi connectivity index (χ3v) is 15.0. The van der Waals surface area contributed by atoms with Gasteiger partial charge in [0, 0.05) is 33.9 Å². The molecule has 0 atom stereocenters. The largest absolute Gasteiger partial charge is 0.259 e. The third kappa shape index (κ3) is 4.60. The van der Waals surface area contributed by atoms with Gasteiger partial charge in [-0.25, -0.2) is 15.0 Å². The number of nitrogens with zero attached hydrogens (tertiary/aromatic N) is 4. The third-order valence-electron chi connectivity index (χ3n) is 15.0. The molecule has 2 heterocycles. The van der Waals surface area contributed by atoms with Crippen molar-refractivity contribution in [2.45, 2.75) is 42.9 Å². The summed E-state index contributed by atoms with van der Waals surface area (Å²) in [6.45, 7) is 0. The SMILES string of the molecule is c1ccc(-c2nc(-c3cnc4c(c3)-c3ccccc3C43C4CC5CC(C4)CC3C5)nc(-c3ccc4c(c3)C(c3ccccc3)(c3ccccc3)c3ccccc3-4)n2)cc1. The molecule has 4 heteroatoms. The van der Waals surface area contributed by atoms with Crippen LogP contribution in [0, 0.1) is 23.7 Å². The van der Waals surface area contributed by atoms with E-state index in [0.717, 1.165) is 28.5 Å². The molecule has 2 aromatic heterocycles. The number of hydrogen-bond donors (Lipinski definition) is 0. The Morgan fingerprint density at radius 1 is 0.390 bits per heavy atom. The van der Waals surface area contributed by atoms with Crippen LogP contribution < -0.4 is 0 Å². The van der Waals surface area contributed by atoms with E-state index in [1.165, 1.54) is 87.9 Å². The van der Waals surface area contributed by atoms with Crippen molar-refractivity contribution >= 4 is 0 Å². The minimum Gasteiger partial charge on any atom is -0.259 e. The van der Waals surface area contributed by atoms with Gasteiger partial charge in [0.25, 0.3) is 0 Å². The first kappa shape index (κ1) is 33.5. The van der Waals surface area contributed by atoms with E-state index in [2.05, 4.69) is 164 Å². The Balaban J connectivity index is 1.01. The molecule has 14 rings (SSSR count). The molecule has 6 aromatic carbocycles. The van der Waals surface area contributed by atoms with Crippen LogP contribution in [0.25, 0.3) is 56.4 Å². The molecule has 0 N–H and O–H groups in total. The molecule has 0 aliphatic heterocycles. The average molecular weight is 759 g/mol. The fourth-order valence-corrected chi connectivity index (χ4v) is 13.0. The van der Waals surface area contributed by atoms with Crippen LogP contribution in [0.4, 0.5) is 0 Å². The van der Waals surface area contributed by atoms with Crippen LogP contribution in [0.1, 0.15) is 65.6 Å². The summed E-state index contributed by atoms with van der Waals surface area (Å²) in [6, 6.07) is 59.5. The Kier molecular flexibility index (Phi) is 7.08. The average Bonchev–Trinajstić information content (AvgIpc) is 3.76. The van der Waals surface area contributed by atoms with Crippen LogP contribution in [0.2, 0.25) is 0 Å². The van der Waals surface area contributed by atoms with Crippen LogP contribution in [0.15, 0.2) is 170 Å². The second-order valence-corrected chi connectivity index (χ2v) is 17.8. The molecule has 4 saturated carbocycles. The molecule has 4 nitrogen and oxygen atoms in total. The highest BCUT2D eigenvalue weighted by Gasteiger charge is 2.62. The summed E-state index contributed by atoms with van der Waals surface area (Å²) in [6.07, 6.45) is 8.85. The Morgan fingerprint density at radius 3 is 1.54 bits per heavy atom. The summed E-state index contributed by atoms with van der Waals surface area (Å²) in [5.41, 5.74) is 15.2. The van der Waals surface area contributed by atoms with Crippen molar-refractivity contribution in [2.24, 2.45) is 23.7 Å². The summed E-state index contributed by atoms with van der Waals surface area (Å²) >= 11 is 0. The Bertz CT molecular complexity index is 2890. The van der Waals surface area contributed by atoms with Gasteiger partial charge in [-0.1, -0.05) is 152 Å². The van der Waals surface area contributed by atoms with Crippen LogP contribution in [-0.2, 0) is 10.8 Å². The molecule has 4 fully saturated rings. The van der Waals surface area contributed by atoms with Crippen LogP contribution in [-0.4, -0.2) is 19.9 Å². The maximum Gasteiger partial charge on any atom is 0.165 e. The molecule has 0 amide bonds. The molecule has 282 valence electrons. The summed E-state index contributed by atoms with van der Waals surface area (Å²) < 4.78 is 0. The topological polar surface area (TPSA) is 51.6 Å². The van der Waals surface area contributed by atoms with Crippen molar-refractivity contribution in [1.29, 1.82) is 0 Å². The molecule has 1 spiro atoms. The van der Waals surface area contributed by atoms with Crippen molar-refractivity contribution in [2.75, 3.05) is 0 Å². The van der Waals surface area contributed by atoms with Gasteiger partial charge in [0.1, 0.15) is 0 Å². The normalized spacial score (nSPS) is 23.5. The summed E-state index contributed by atoms with van der Waals surface area (Å²) in [4.78, 5) is 21.3. The van der Waals surface area contributed by atoms with E-state index in [9.17, 15) is 0 Å². The van der Waals surface area contributed by atoms with Gasteiger partial charge < -0.3 is 0 Å². The number of hydrogen-bond acceptors (Lipinski definition) is 4. The summed E-state index contributed by atoms with van der Waals surface area (Å²) in [5, 5.41) is 0. The molecule has 59 heavy (non-hydrogen) atoms. The van der Waals surface area contributed by atoms with E-state index < -0.39 is 5.41 Å². The van der Waals surface area contributed by atoms with Gasteiger partial charge in [-0.05, 0) is 112 Å².